The second-order valence-corrected chi connectivity index (χ2v) is 4.10. The Labute approximate surface area is 94.6 Å². The van der Waals surface area contributed by atoms with Crippen molar-refractivity contribution in [1.82, 2.24) is 0 Å². The molecule has 84 valence electrons. The van der Waals surface area contributed by atoms with E-state index in [0.717, 1.165) is 12.1 Å². The molecule has 0 saturated heterocycles. The SMILES string of the molecule is CC[C@H](N)c1cc(C(F)(F)F)ccc1Br. The third kappa shape index (κ3) is 2.95. The summed E-state index contributed by atoms with van der Waals surface area (Å²) in [5.74, 6) is 0. The summed E-state index contributed by atoms with van der Waals surface area (Å²) in [6, 6.07) is 3.14. The van der Waals surface area contributed by atoms with Crippen LogP contribution in [0.1, 0.15) is 30.5 Å². The Bertz CT molecular complexity index is 349. The molecule has 0 bridgehead atoms. The zero-order valence-corrected chi connectivity index (χ0v) is 9.69. The number of nitrogens with two attached hydrogens (primary N) is 1. The second-order valence-electron chi connectivity index (χ2n) is 3.25. The van der Waals surface area contributed by atoms with Crippen molar-refractivity contribution >= 4 is 15.9 Å². The molecule has 0 aliphatic heterocycles. The fourth-order valence-electron chi connectivity index (χ4n) is 1.22. The molecule has 0 heterocycles. The average Bonchev–Trinajstić information content (AvgIpc) is 2.15. The van der Waals surface area contributed by atoms with E-state index in [4.69, 9.17) is 5.73 Å². The Kier molecular flexibility index (Phi) is 3.78. The summed E-state index contributed by atoms with van der Waals surface area (Å²) >= 11 is 3.19. The van der Waals surface area contributed by atoms with E-state index in [2.05, 4.69) is 15.9 Å². The second kappa shape index (κ2) is 4.53. The largest absolute Gasteiger partial charge is 0.416 e. The lowest BCUT2D eigenvalue weighted by Crippen LogP contribution is -2.12. The predicted octanol–water partition coefficient (Wildman–Crippen LogP) is 3.88. The van der Waals surface area contributed by atoms with Crippen molar-refractivity contribution in [1.29, 1.82) is 0 Å². The molecule has 1 rings (SSSR count). The summed E-state index contributed by atoms with van der Waals surface area (Å²) in [7, 11) is 0. The van der Waals surface area contributed by atoms with Crippen LogP contribution in [0.5, 0.6) is 0 Å². The average molecular weight is 282 g/mol. The molecule has 2 N–H and O–H groups in total. The van der Waals surface area contributed by atoms with E-state index in [9.17, 15) is 13.2 Å². The first-order valence-electron chi connectivity index (χ1n) is 4.48. The van der Waals surface area contributed by atoms with Gasteiger partial charge in [-0.3, -0.25) is 0 Å². The van der Waals surface area contributed by atoms with Gasteiger partial charge in [-0.15, -0.1) is 0 Å². The molecule has 15 heavy (non-hydrogen) atoms. The van der Waals surface area contributed by atoms with Crippen LogP contribution in [-0.2, 0) is 6.18 Å². The molecule has 1 atom stereocenters. The van der Waals surface area contributed by atoms with Crippen LogP contribution in [0.3, 0.4) is 0 Å². The van der Waals surface area contributed by atoms with Gasteiger partial charge in [0.05, 0.1) is 5.56 Å². The van der Waals surface area contributed by atoms with E-state index >= 15 is 0 Å². The molecule has 1 nitrogen and oxygen atoms in total. The molecule has 5 heteroatoms. The molecule has 0 unspecified atom stereocenters. The van der Waals surface area contributed by atoms with Crippen molar-refractivity contribution < 1.29 is 13.2 Å². The minimum absolute atomic E-state index is 0.373. The van der Waals surface area contributed by atoms with Crippen LogP contribution in [0.25, 0.3) is 0 Å². The standard InChI is InChI=1S/C10H11BrF3N/c1-2-9(15)7-5-6(10(12,13)14)3-4-8(7)11/h3-5,9H,2,15H2,1H3/t9-/m0/s1. The molecule has 1 aromatic rings. The maximum Gasteiger partial charge on any atom is 0.416 e. The maximum atomic E-state index is 12.4. The molecule has 0 radical (unpaired) electrons. The Balaban J connectivity index is 3.17. The van der Waals surface area contributed by atoms with Gasteiger partial charge in [0.2, 0.25) is 0 Å². The highest BCUT2D eigenvalue weighted by molar-refractivity contribution is 9.10. The molecule has 0 aromatic heterocycles. The first kappa shape index (κ1) is 12.5. The van der Waals surface area contributed by atoms with Gasteiger partial charge in [-0.2, -0.15) is 13.2 Å². The van der Waals surface area contributed by atoms with Gasteiger partial charge in [-0.25, -0.2) is 0 Å². The van der Waals surface area contributed by atoms with E-state index in [0.29, 0.717) is 16.5 Å². The van der Waals surface area contributed by atoms with Gasteiger partial charge in [0, 0.05) is 10.5 Å². The number of benzene rings is 1. The van der Waals surface area contributed by atoms with Gasteiger partial charge < -0.3 is 5.73 Å². The maximum absolute atomic E-state index is 12.4. The number of hydrogen-bond donors (Lipinski definition) is 1. The van der Waals surface area contributed by atoms with Crippen LogP contribution in [-0.4, -0.2) is 0 Å². The van der Waals surface area contributed by atoms with E-state index < -0.39 is 11.7 Å². The third-order valence-electron chi connectivity index (χ3n) is 2.16. The van der Waals surface area contributed by atoms with Crippen molar-refractivity contribution in [2.24, 2.45) is 5.73 Å². The lowest BCUT2D eigenvalue weighted by Gasteiger charge is -2.14. The molecule has 0 spiro atoms. The van der Waals surface area contributed by atoms with Gasteiger partial charge >= 0.3 is 6.18 Å². The van der Waals surface area contributed by atoms with Crippen LogP contribution in [0, 0.1) is 0 Å². The van der Waals surface area contributed by atoms with Crippen LogP contribution >= 0.6 is 15.9 Å². The first-order valence-corrected chi connectivity index (χ1v) is 5.27. The van der Waals surface area contributed by atoms with Crippen LogP contribution < -0.4 is 5.73 Å². The smallest absolute Gasteiger partial charge is 0.324 e. The molecule has 0 aliphatic carbocycles. The Morgan fingerprint density at radius 2 is 2.00 bits per heavy atom. The minimum Gasteiger partial charge on any atom is -0.324 e. The van der Waals surface area contributed by atoms with E-state index in [-0.39, 0.29) is 6.04 Å². The Hall–Kier alpha value is -0.550. The quantitative estimate of drug-likeness (QED) is 0.875. The molecule has 0 saturated carbocycles. The predicted molar refractivity (Wildman–Crippen MR) is 56.4 cm³/mol. The van der Waals surface area contributed by atoms with Gasteiger partial charge in [0.25, 0.3) is 0 Å². The van der Waals surface area contributed by atoms with E-state index in [1.165, 1.54) is 6.07 Å². The zero-order chi connectivity index (χ0) is 11.6. The normalized spacial score (nSPS) is 14.0. The van der Waals surface area contributed by atoms with Crippen LogP contribution in [0.4, 0.5) is 13.2 Å². The van der Waals surface area contributed by atoms with Crippen molar-refractivity contribution in [2.45, 2.75) is 25.6 Å². The number of hydrogen-bond acceptors (Lipinski definition) is 1. The van der Waals surface area contributed by atoms with Crippen molar-refractivity contribution in [2.75, 3.05) is 0 Å². The van der Waals surface area contributed by atoms with Crippen molar-refractivity contribution in [3.05, 3.63) is 33.8 Å². The highest BCUT2D eigenvalue weighted by Gasteiger charge is 2.31. The topological polar surface area (TPSA) is 26.0 Å². The van der Waals surface area contributed by atoms with Crippen molar-refractivity contribution in [3.63, 3.8) is 0 Å². The van der Waals surface area contributed by atoms with Crippen LogP contribution in [0.15, 0.2) is 22.7 Å². The Morgan fingerprint density at radius 3 is 2.47 bits per heavy atom. The monoisotopic (exact) mass is 281 g/mol. The lowest BCUT2D eigenvalue weighted by molar-refractivity contribution is -0.137. The van der Waals surface area contributed by atoms with E-state index in [1.54, 1.807) is 0 Å². The van der Waals surface area contributed by atoms with Gasteiger partial charge in [-0.1, -0.05) is 22.9 Å². The third-order valence-corrected chi connectivity index (χ3v) is 2.88. The zero-order valence-electron chi connectivity index (χ0n) is 8.11. The fraction of sp³-hybridized carbons (Fsp3) is 0.400. The van der Waals surface area contributed by atoms with Gasteiger partial charge in [-0.05, 0) is 30.2 Å². The van der Waals surface area contributed by atoms with Crippen molar-refractivity contribution in [3.8, 4) is 0 Å². The number of halogens is 4. The lowest BCUT2D eigenvalue weighted by atomic mass is 10.0. The summed E-state index contributed by atoms with van der Waals surface area (Å²) in [6.07, 6.45) is -3.72. The minimum atomic E-state index is -4.32. The molecular weight excluding hydrogens is 271 g/mol. The number of rotatable bonds is 2. The number of alkyl halides is 3. The molecular formula is C10H11BrF3N. The highest BCUT2D eigenvalue weighted by Crippen LogP contribution is 2.33. The van der Waals surface area contributed by atoms with Gasteiger partial charge in [0.1, 0.15) is 0 Å². The summed E-state index contributed by atoms with van der Waals surface area (Å²) in [5, 5.41) is 0. The van der Waals surface area contributed by atoms with Crippen LogP contribution in [0.2, 0.25) is 0 Å². The summed E-state index contributed by atoms with van der Waals surface area (Å²) in [4.78, 5) is 0. The summed E-state index contributed by atoms with van der Waals surface area (Å²) < 4.78 is 37.8. The molecule has 0 aliphatic rings. The molecule has 0 amide bonds. The Morgan fingerprint density at radius 1 is 1.40 bits per heavy atom. The summed E-state index contributed by atoms with van der Waals surface area (Å²) in [5.41, 5.74) is 5.54. The molecule has 1 aromatic carbocycles. The van der Waals surface area contributed by atoms with E-state index in [1.807, 2.05) is 6.92 Å². The fourth-order valence-corrected chi connectivity index (χ4v) is 1.76. The highest BCUT2D eigenvalue weighted by atomic mass is 79.9. The summed E-state index contributed by atoms with van der Waals surface area (Å²) in [6.45, 7) is 1.83. The first-order chi connectivity index (χ1) is 6.86. The van der Waals surface area contributed by atoms with Gasteiger partial charge in [0.15, 0.2) is 0 Å². The molecule has 0 fully saturated rings.